The fraction of sp³-hybridized carbons (Fsp3) is 0.385. The standard InChI is InChI=1S/2C26H27F3N4O/c2*27-26(28,29)18-8-9-20(23(11-18)30-14-16-4-1-2-5-16)24-13-25(32-15-31-24)33-22-7-3-6-17-10-19(34)12-21(17)22/h2*3,6-9,11,13,15-16,19,30,34H,1-2,4-5,10,12,14H2,(H,31,32,33)/t2*19-/m10/s1. The minimum Gasteiger partial charge on any atom is -0.392 e. The summed E-state index contributed by atoms with van der Waals surface area (Å²) >= 11 is 0. The highest BCUT2D eigenvalue weighted by molar-refractivity contribution is 5.80. The number of aliphatic hydroxyl groups excluding tert-OH is 2. The number of alkyl halides is 6. The smallest absolute Gasteiger partial charge is 0.392 e. The van der Waals surface area contributed by atoms with Crippen molar-refractivity contribution in [2.24, 2.45) is 11.8 Å². The molecule has 6 aromatic rings. The molecule has 2 fully saturated rings. The van der Waals surface area contributed by atoms with Gasteiger partial charge in [-0.05, 0) is 109 Å². The highest BCUT2D eigenvalue weighted by atomic mass is 19.4. The van der Waals surface area contributed by atoms with Gasteiger partial charge in [0.15, 0.2) is 0 Å². The molecule has 2 atom stereocenters. The molecule has 10 nitrogen and oxygen atoms in total. The zero-order valence-corrected chi connectivity index (χ0v) is 37.4. The number of anilines is 6. The zero-order valence-electron chi connectivity index (χ0n) is 37.4. The van der Waals surface area contributed by atoms with Gasteiger partial charge < -0.3 is 31.5 Å². The average molecular weight is 937 g/mol. The highest BCUT2D eigenvalue weighted by Gasteiger charge is 2.33. The second-order valence-electron chi connectivity index (χ2n) is 18.4. The van der Waals surface area contributed by atoms with Crippen molar-refractivity contribution >= 4 is 34.4 Å². The lowest BCUT2D eigenvalue weighted by Gasteiger charge is -2.18. The van der Waals surface area contributed by atoms with Crippen LogP contribution in [-0.4, -0.2) is 55.4 Å². The number of nitrogens with one attached hydrogen (secondary N) is 4. The average Bonchev–Trinajstić information content (AvgIpc) is 4.16. The van der Waals surface area contributed by atoms with Gasteiger partial charge in [0.1, 0.15) is 24.3 Å². The summed E-state index contributed by atoms with van der Waals surface area (Å²) in [5.41, 5.74) is 7.82. The summed E-state index contributed by atoms with van der Waals surface area (Å²) < 4.78 is 80.4. The van der Waals surface area contributed by atoms with Gasteiger partial charge in [-0.3, -0.25) is 0 Å². The molecule has 10 rings (SSSR count). The Hall–Kier alpha value is -6.26. The van der Waals surface area contributed by atoms with Crippen LogP contribution in [0.1, 0.15) is 84.7 Å². The van der Waals surface area contributed by atoms with Crippen molar-refractivity contribution in [2.45, 2.75) is 102 Å². The van der Waals surface area contributed by atoms with Crippen LogP contribution in [0.5, 0.6) is 0 Å². The van der Waals surface area contributed by atoms with E-state index in [0.29, 0.717) is 96.1 Å². The first-order chi connectivity index (χ1) is 32.7. The number of hydrogen-bond donors (Lipinski definition) is 6. The van der Waals surface area contributed by atoms with Crippen LogP contribution < -0.4 is 21.3 Å². The third-order valence-electron chi connectivity index (χ3n) is 13.6. The summed E-state index contributed by atoms with van der Waals surface area (Å²) in [6, 6.07) is 22.7. The van der Waals surface area contributed by atoms with Gasteiger partial charge >= 0.3 is 12.4 Å². The van der Waals surface area contributed by atoms with E-state index in [4.69, 9.17) is 0 Å². The first kappa shape index (κ1) is 46.8. The molecule has 4 aliphatic carbocycles. The minimum atomic E-state index is -4.42. The van der Waals surface area contributed by atoms with Gasteiger partial charge in [0.05, 0.1) is 34.7 Å². The summed E-state index contributed by atoms with van der Waals surface area (Å²) in [5, 5.41) is 33.2. The Bertz CT molecular complexity index is 2530. The molecular formula is C52H54F6N8O2. The fourth-order valence-corrected chi connectivity index (χ4v) is 10.0. The van der Waals surface area contributed by atoms with Crippen LogP contribution >= 0.6 is 0 Å². The summed E-state index contributed by atoms with van der Waals surface area (Å²) in [7, 11) is 0. The molecule has 4 aromatic carbocycles. The maximum Gasteiger partial charge on any atom is 0.416 e. The maximum absolute atomic E-state index is 13.4. The number of halogens is 6. The Labute approximate surface area is 391 Å². The van der Waals surface area contributed by atoms with Gasteiger partial charge in [0.2, 0.25) is 0 Å². The summed E-state index contributed by atoms with van der Waals surface area (Å²) in [4.78, 5) is 17.3. The van der Waals surface area contributed by atoms with Crippen LogP contribution in [0.15, 0.2) is 97.6 Å². The van der Waals surface area contributed by atoms with Gasteiger partial charge in [-0.15, -0.1) is 0 Å². The number of rotatable bonds is 12. The normalized spacial score (nSPS) is 18.2. The van der Waals surface area contributed by atoms with Gasteiger partial charge in [0, 0.05) is 71.9 Å². The van der Waals surface area contributed by atoms with E-state index >= 15 is 0 Å². The van der Waals surface area contributed by atoms with E-state index in [2.05, 4.69) is 41.2 Å². The summed E-state index contributed by atoms with van der Waals surface area (Å²) in [5.74, 6) is 2.03. The minimum absolute atomic E-state index is 0.389. The Kier molecular flexibility index (Phi) is 13.9. The van der Waals surface area contributed by atoms with Crippen molar-refractivity contribution < 1.29 is 36.6 Å². The number of aromatic nitrogens is 4. The molecule has 68 heavy (non-hydrogen) atoms. The molecule has 0 radical (unpaired) electrons. The molecule has 2 saturated carbocycles. The Balaban J connectivity index is 0.000000170. The van der Waals surface area contributed by atoms with E-state index < -0.39 is 23.5 Å². The van der Waals surface area contributed by atoms with E-state index in [1.54, 1.807) is 12.1 Å². The van der Waals surface area contributed by atoms with Crippen molar-refractivity contribution in [2.75, 3.05) is 34.4 Å². The zero-order chi connectivity index (χ0) is 47.4. The molecule has 356 valence electrons. The maximum atomic E-state index is 13.4. The van der Waals surface area contributed by atoms with Crippen LogP contribution in [0, 0.1) is 11.8 Å². The summed E-state index contributed by atoms with van der Waals surface area (Å²) in [6.07, 6.45) is 4.67. The van der Waals surface area contributed by atoms with Crippen molar-refractivity contribution in [3.8, 4) is 22.5 Å². The van der Waals surface area contributed by atoms with Crippen LogP contribution in [0.25, 0.3) is 22.5 Å². The fourth-order valence-electron chi connectivity index (χ4n) is 10.0. The second-order valence-corrected chi connectivity index (χ2v) is 18.4. The van der Waals surface area contributed by atoms with Crippen molar-refractivity contribution in [3.05, 3.63) is 131 Å². The van der Waals surface area contributed by atoms with Gasteiger partial charge in [-0.1, -0.05) is 62.1 Å². The molecule has 0 amide bonds. The quantitative estimate of drug-likeness (QED) is 0.0657. The third kappa shape index (κ3) is 11.2. The SMILES string of the molecule is O[C@@H]1Cc2cccc(Nc3cc(-c4ccc(C(F)(F)F)cc4NCC4CCCC4)ncn3)c2C1.O[C@H]1Cc2cccc(Nc3cc(-c4ccc(C(F)(F)F)cc4NCC4CCCC4)ncn3)c2C1. The van der Waals surface area contributed by atoms with Crippen LogP contribution in [0.3, 0.4) is 0 Å². The molecule has 0 unspecified atom stereocenters. The van der Waals surface area contributed by atoms with Crippen molar-refractivity contribution in [3.63, 3.8) is 0 Å². The number of hydrogen-bond acceptors (Lipinski definition) is 10. The van der Waals surface area contributed by atoms with E-state index in [9.17, 15) is 36.6 Å². The van der Waals surface area contributed by atoms with E-state index in [1.807, 2.05) is 36.4 Å². The number of aliphatic hydroxyl groups is 2. The van der Waals surface area contributed by atoms with Crippen LogP contribution in [0.2, 0.25) is 0 Å². The molecule has 6 N–H and O–H groups in total. The van der Waals surface area contributed by atoms with Crippen LogP contribution in [0.4, 0.5) is 60.7 Å². The molecule has 2 aromatic heterocycles. The first-order valence-corrected chi connectivity index (χ1v) is 23.4. The number of fused-ring (bicyclic) bond motifs is 2. The third-order valence-corrected chi connectivity index (χ3v) is 13.6. The highest BCUT2D eigenvalue weighted by Crippen LogP contribution is 2.40. The molecule has 2 heterocycles. The first-order valence-electron chi connectivity index (χ1n) is 23.4. The second kappa shape index (κ2) is 20.1. The lowest BCUT2D eigenvalue weighted by molar-refractivity contribution is -0.138. The van der Waals surface area contributed by atoms with Gasteiger partial charge in [-0.2, -0.15) is 26.3 Å². The molecular weight excluding hydrogens is 883 g/mol. The Morgan fingerprint density at radius 2 is 0.897 bits per heavy atom. The molecule has 16 heteroatoms. The van der Waals surface area contributed by atoms with E-state index in [-0.39, 0.29) is 12.2 Å². The lowest BCUT2D eigenvalue weighted by atomic mass is 10.0. The van der Waals surface area contributed by atoms with Gasteiger partial charge in [0.25, 0.3) is 0 Å². The number of benzene rings is 4. The van der Waals surface area contributed by atoms with Crippen molar-refractivity contribution in [1.82, 2.24) is 19.9 Å². The Morgan fingerprint density at radius 1 is 0.485 bits per heavy atom. The van der Waals surface area contributed by atoms with Crippen LogP contribution in [-0.2, 0) is 38.0 Å². The molecule has 0 aliphatic heterocycles. The van der Waals surface area contributed by atoms with E-state index in [0.717, 1.165) is 71.4 Å². The molecule has 0 spiro atoms. The van der Waals surface area contributed by atoms with Crippen molar-refractivity contribution in [1.29, 1.82) is 0 Å². The largest absolute Gasteiger partial charge is 0.416 e. The molecule has 0 bridgehead atoms. The predicted octanol–water partition coefficient (Wildman–Crippen LogP) is 11.9. The monoisotopic (exact) mass is 936 g/mol. The molecule has 0 saturated heterocycles. The lowest BCUT2D eigenvalue weighted by Crippen LogP contribution is -2.13. The van der Waals surface area contributed by atoms with Gasteiger partial charge in [-0.25, -0.2) is 19.9 Å². The topological polar surface area (TPSA) is 140 Å². The van der Waals surface area contributed by atoms with E-state index in [1.165, 1.54) is 62.6 Å². The number of nitrogens with zero attached hydrogens (tertiary/aromatic N) is 4. The predicted molar refractivity (Wildman–Crippen MR) is 252 cm³/mol. The molecule has 4 aliphatic rings. The summed E-state index contributed by atoms with van der Waals surface area (Å²) in [6.45, 7) is 1.28. The Morgan fingerprint density at radius 3 is 1.29 bits per heavy atom.